The summed E-state index contributed by atoms with van der Waals surface area (Å²) >= 11 is 0. The lowest BCUT2D eigenvalue weighted by Gasteiger charge is -2.20. The van der Waals surface area contributed by atoms with Crippen LogP contribution in [-0.4, -0.2) is 29.3 Å². The second-order valence-corrected chi connectivity index (χ2v) is 6.14. The molecule has 0 atom stereocenters. The average molecular weight is 298 g/mol. The van der Waals surface area contributed by atoms with Gasteiger partial charge in [0.1, 0.15) is 6.54 Å². The number of rotatable bonds is 3. The Kier molecular flexibility index (Phi) is 4.27. The SMILES string of the molecule is C=C1c2ccccc2C(=O)N1CC(=O)NC1CCCCCC1. The summed E-state index contributed by atoms with van der Waals surface area (Å²) in [6.07, 6.45) is 6.94. The molecule has 1 saturated carbocycles. The summed E-state index contributed by atoms with van der Waals surface area (Å²) in [6, 6.07) is 7.62. The van der Waals surface area contributed by atoms with Gasteiger partial charge in [0.25, 0.3) is 5.91 Å². The molecule has 0 bridgehead atoms. The first kappa shape index (κ1) is 14.8. The van der Waals surface area contributed by atoms with Crippen molar-refractivity contribution in [3.63, 3.8) is 0 Å². The normalized spacial score (nSPS) is 19.0. The third-order valence-corrected chi connectivity index (χ3v) is 4.56. The second kappa shape index (κ2) is 6.34. The van der Waals surface area contributed by atoms with Crippen molar-refractivity contribution in [2.75, 3.05) is 6.54 Å². The number of amides is 2. The summed E-state index contributed by atoms with van der Waals surface area (Å²) in [5, 5.41) is 3.08. The number of nitrogens with zero attached hydrogens (tertiary/aromatic N) is 1. The van der Waals surface area contributed by atoms with E-state index in [9.17, 15) is 9.59 Å². The molecule has 1 fully saturated rings. The van der Waals surface area contributed by atoms with E-state index in [1.54, 1.807) is 6.07 Å². The maximum absolute atomic E-state index is 12.4. The van der Waals surface area contributed by atoms with Crippen molar-refractivity contribution in [3.05, 3.63) is 42.0 Å². The molecular weight excluding hydrogens is 276 g/mol. The van der Waals surface area contributed by atoms with Crippen molar-refractivity contribution in [2.24, 2.45) is 0 Å². The third kappa shape index (κ3) is 2.91. The van der Waals surface area contributed by atoms with Gasteiger partial charge in [0.2, 0.25) is 5.91 Å². The minimum Gasteiger partial charge on any atom is -0.352 e. The van der Waals surface area contributed by atoms with E-state index in [1.807, 2.05) is 18.2 Å². The van der Waals surface area contributed by atoms with Gasteiger partial charge in [-0.2, -0.15) is 0 Å². The molecule has 0 spiro atoms. The molecule has 3 rings (SSSR count). The zero-order valence-corrected chi connectivity index (χ0v) is 12.8. The Morgan fingerprint density at radius 1 is 1.14 bits per heavy atom. The number of carbonyl (C=O) groups is 2. The van der Waals surface area contributed by atoms with Crippen LogP contribution in [0, 0.1) is 0 Å². The largest absolute Gasteiger partial charge is 0.352 e. The van der Waals surface area contributed by atoms with E-state index in [2.05, 4.69) is 11.9 Å². The van der Waals surface area contributed by atoms with Gasteiger partial charge in [-0.3, -0.25) is 14.5 Å². The van der Waals surface area contributed by atoms with Crippen LogP contribution < -0.4 is 5.32 Å². The molecule has 1 aliphatic heterocycles. The van der Waals surface area contributed by atoms with Gasteiger partial charge in [0.15, 0.2) is 0 Å². The molecule has 116 valence electrons. The van der Waals surface area contributed by atoms with E-state index in [0.717, 1.165) is 18.4 Å². The van der Waals surface area contributed by atoms with E-state index in [-0.39, 0.29) is 24.4 Å². The van der Waals surface area contributed by atoms with Gasteiger partial charge in [0.05, 0.1) is 0 Å². The fourth-order valence-corrected chi connectivity index (χ4v) is 3.34. The quantitative estimate of drug-likeness (QED) is 0.872. The number of benzene rings is 1. The van der Waals surface area contributed by atoms with E-state index in [4.69, 9.17) is 0 Å². The summed E-state index contributed by atoms with van der Waals surface area (Å²) in [5.74, 6) is -0.217. The summed E-state index contributed by atoms with van der Waals surface area (Å²) in [5.41, 5.74) is 2.08. The number of fused-ring (bicyclic) bond motifs is 1. The molecule has 1 aromatic carbocycles. The van der Waals surface area contributed by atoms with Gasteiger partial charge in [0, 0.05) is 22.9 Å². The Labute approximate surface area is 131 Å². The highest BCUT2D eigenvalue weighted by atomic mass is 16.2. The molecule has 0 aromatic heterocycles. The van der Waals surface area contributed by atoms with Gasteiger partial charge < -0.3 is 5.32 Å². The molecule has 0 saturated heterocycles. The summed E-state index contributed by atoms with van der Waals surface area (Å²) in [7, 11) is 0. The van der Waals surface area contributed by atoms with E-state index >= 15 is 0 Å². The Morgan fingerprint density at radius 2 is 1.77 bits per heavy atom. The zero-order valence-electron chi connectivity index (χ0n) is 12.8. The van der Waals surface area contributed by atoms with Crippen molar-refractivity contribution in [3.8, 4) is 0 Å². The fourth-order valence-electron chi connectivity index (χ4n) is 3.34. The number of hydrogen-bond donors (Lipinski definition) is 1. The first-order chi connectivity index (χ1) is 10.7. The number of nitrogens with one attached hydrogen (secondary N) is 1. The fraction of sp³-hybridized carbons (Fsp3) is 0.444. The van der Waals surface area contributed by atoms with Crippen LogP contribution in [0.2, 0.25) is 0 Å². The molecule has 4 nitrogen and oxygen atoms in total. The van der Waals surface area contributed by atoms with Gasteiger partial charge in [-0.25, -0.2) is 0 Å². The van der Waals surface area contributed by atoms with Gasteiger partial charge in [-0.05, 0) is 18.9 Å². The monoisotopic (exact) mass is 298 g/mol. The van der Waals surface area contributed by atoms with Crippen LogP contribution in [0.1, 0.15) is 54.4 Å². The van der Waals surface area contributed by atoms with E-state index < -0.39 is 0 Å². The summed E-state index contributed by atoms with van der Waals surface area (Å²) in [6.45, 7) is 4.03. The zero-order chi connectivity index (χ0) is 15.5. The van der Waals surface area contributed by atoms with Crippen LogP contribution in [-0.2, 0) is 4.79 Å². The number of hydrogen-bond acceptors (Lipinski definition) is 2. The minimum atomic E-state index is -0.128. The predicted molar refractivity (Wildman–Crippen MR) is 86.1 cm³/mol. The Bertz CT molecular complexity index is 566. The van der Waals surface area contributed by atoms with Crippen LogP contribution in [0.15, 0.2) is 30.8 Å². The topological polar surface area (TPSA) is 49.4 Å². The molecule has 4 heteroatoms. The summed E-state index contributed by atoms with van der Waals surface area (Å²) < 4.78 is 0. The lowest BCUT2D eigenvalue weighted by atomic mass is 10.1. The van der Waals surface area contributed by atoms with Crippen molar-refractivity contribution >= 4 is 17.5 Å². The van der Waals surface area contributed by atoms with Crippen LogP contribution in [0.3, 0.4) is 0 Å². The first-order valence-electron chi connectivity index (χ1n) is 8.06. The first-order valence-corrected chi connectivity index (χ1v) is 8.06. The highest BCUT2D eigenvalue weighted by molar-refractivity contribution is 6.10. The molecule has 2 amide bonds. The smallest absolute Gasteiger partial charge is 0.259 e. The maximum Gasteiger partial charge on any atom is 0.259 e. The molecule has 2 aliphatic rings. The lowest BCUT2D eigenvalue weighted by Crippen LogP contribution is -2.41. The Hall–Kier alpha value is -2.10. The van der Waals surface area contributed by atoms with Crippen LogP contribution in [0.4, 0.5) is 0 Å². The lowest BCUT2D eigenvalue weighted by molar-refractivity contribution is -0.122. The van der Waals surface area contributed by atoms with Crippen molar-refractivity contribution < 1.29 is 9.59 Å². The molecular formula is C18H22N2O2. The van der Waals surface area contributed by atoms with Crippen LogP contribution >= 0.6 is 0 Å². The molecule has 1 aromatic rings. The van der Waals surface area contributed by atoms with Crippen molar-refractivity contribution in [2.45, 2.75) is 44.6 Å². The summed E-state index contributed by atoms with van der Waals surface area (Å²) in [4.78, 5) is 26.1. The second-order valence-electron chi connectivity index (χ2n) is 6.14. The molecule has 0 radical (unpaired) electrons. The highest BCUT2D eigenvalue weighted by Crippen LogP contribution is 2.30. The highest BCUT2D eigenvalue weighted by Gasteiger charge is 2.32. The predicted octanol–water partition coefficient (Wildman–Crippen LogP) is 2.95. The van der Waals surface area contributed by atoms with Crippen molar-refractivity contribution in [1.29, 1.82) is 0 Å². The third-order valence-electron chi connectivity index (χ3n) is 4.56. The van der Waals surface area contributed by atoms with Crippen LogP contribution in [0.5, 0.6) is 0 Å². The Morgan fingerprint density at radius 3 is 2.41 bits per heavy atom. The molecule has 0 unspecified atom stereocenters. The van der Waals surface area contributed by atoms with Gasteiger partial charge >= 0.3 is 0 Å². The minimum absolute atomic E-state index is 0.0584. The number of carbonyl (C=O) groups excluding carboxylic acids is 2. The maximum atomic E-state index is 12.4. The molecule has 1 aliphatic carbocycles. The average Bonchev–Trinajstić information content (AvgIpc) is 2.72. The Balaban J connectivity index is 1.63. The standard InChI is InChI=1S/C18H22N2O2/c1-13-15-10-6-7-11-16(15)18(22)20(13)12-17(21)19-14-8-4-2-3-5-9-14/h6-7,10-11,14H,1-5,8-9,12H2,(H,19,21). The molecule has 1 heterocycles. The van der Waals surface area contributed by atoms with E-state index in [1.165, 1.54) is 30.6 Å². The van der Waals surface area contributed by atoms with Gasteiger partial charge in [-0.1, -0.05) is 50.5 Å². The van der Waals surface area contributed by atoms with Crippen molar-refractivity contribution in [1.82, 2.24) is 10.2 Å². The molecule has 1 N–H and O–H groups in total. The van der Waals surface area contributed by atoms with Gasteiger partial charge in [-0.15, -0.1) is 0 Å². The van der Waals surface area contributed by atoms with Crippen LogP contribution in [0.25, 0.3) is 5.70 Å². The van der Waals surface area contributed by atoms with E-state index in [0.29, 0.717) is 11.3 Å². The molecule has 22 heavy (non-hydrogen) atoms.